The van der Waals surface area contributed by atoms with Crippen molar-refractivity contribution in [1.82, 2.24) is 14.9 Å². The van der Waals surface area contributed by atoms with Gasteiger partial charge in [0.1, 0.15) is 6.10 Å². The van der Waals surface area contributed by atoms with Crippen LogP contribution in [0.4, 0.5) is 5.95 Å². The van der Waals surface area contributed by atoms with Gasteiger partial charge in [-0.2, -0.15) is 0 Å². The van der Waals surface area contributed by atoms with E-state index in [0.717, 1.165) is 24.1 Å². The van der Waals surface area contributed by atoms with E-state index in [1.807, 2.05) is 0 Å². The van der Waals surface area contributed by atoms with Crippen LogP contribution in [0.25, 0.3) is 0 Å². The van der Waals surface area contributed by atoms with Gasteiger partial charge in [0, 0.05) is 19.2 Å². The first-order valence-corrected chi connectivity index (χ1v) is 5.74. The predicted octanol–water partition coefficient (Wildman–Crippen LogP) is -0.268. The van der Waals surface area contributed by atoms with Crippen LogP contribution in [-0.4, -0.2) is 40.0 Å². The Kier molecular flexibility index (Phi) is 2.44. The Morgan fingerprint density at radius 2 is 2.41 bits per heavy atom. The molecule has 90 valence electrons. The van der Waals surface area contributed by atoms with Gasteiger partial charge in [-0.25, -0.2) is 9.97 Å². The van der Waals surface area contributed by atoms with E-state index in [1.165, 1.54) is 0 Å². The first-order valence-electron chi connectivity index (χ1n) is 5.74. The highest BCUT2D eigenvalue weighted by Crippen LogP contribution is 2.21. The molecule has 0 bridgehead atoms. The Bertz CT molecular complexity index is 459. The molecule has 1 amide bonds. The molecule has 3 rings (SSSR count). The molecule has 1 saturated heterocycles. The summed E-state index contributed by atoms with van der Waals surface area (Å²) in [6.45, 7) is 1.91. The van der Waals surface area contributed by atoms with Crippen LogP contribution in [0.15, 0.2) is 6.20 Å². The number of anilines is 1. The van der Waals surface area contributed by atoms with Crippen LogP contribution in [0.1, 0.15) is 17.7 Å². The third-order valence-electron chi connectivity index (χ3n) is 3.25. The summed E-state index contributed by atoms with van der Waals surface area (Å²) in [4.78, 5) is 21.9. The van der Waals surface area contributed by atoms with Crippen LogP contribution in [0.5, 0.6) is 0 Å². The third-order valence-corrected chi connectivity index (χ3v) is 3.25. The van der Waals surface area contributed by atoms with Crippen molar-refractivity contribution in [1.29, 1.82) is 0 Å². The van der Waals surface area contributed by atoms with E-state index in [1.54, 1.807) is 11.1 Å². The fourth-order valence-electron chi connectivity index (χ4n) is 2.14. The molecule has 2 aliphatic heterocycles. The van der Waals surface area contributed by atoms with Gasteiger partial charge in [-0.1, -0.05) is 0 Å². The van der Waals surface area contributed by atoms with E-state index >= 15 is 0 Å². The summed E-state index contributed by atoms with van der Waals surface area (Å²) < 4.78 is 5.21. The number of nitrogen functional groups attached to an aromatic ring is 1. The molecule has 0 aliphatic carbocycles. The first-order chi connectivity index (χ1) is 8.24. The number of amides is 1. The molecule has 17 heavy (non-hydrogen) atoms. The minimum Gasteiger partial charge on any atom is -0.368 e. The first kappa shape index (κ1) is 10.5. The van der Waals surface area contributed by atoms with E-state index in [0.29, 0.717) is 19.7 Å². The van der Waals surface area contributed by atoms with Crippen molar-refractivity contribution in [3.05, 3.63) is 17.5 Å². The predicted molar refractivity (Wildman–Crippen MR) is 59.9 cm³/mol. The summed E-state index contributed by atoms with van der Waals surface area (Å²) in [5, 5.41) is 0. The number of carbonyl (C=O) groups is 1. The van der Waals surface area contributed by atoms with Crippen molar-refractivity contribution in [2.75, 3.05) is 18.9 Å². The number of rotatable bonds is 1. The molecule has 1 aromatic heterocycles. The van der Waals surface area contributed by atoms with Crippen molar-refractivity contribution in [2.45, 2.75) is 25.5 Å². The quantitative estimate of drug-likeness (QED) is 0.723. The fraction of sp³-hybridized carbons (Fsp3) is 0.545. The molecular weight excluding hydrogens is 220 g/mol. The molecule has 6 nitrogen and oxygen atoms in total. The minimum absolute atomic E-state index is 0.0686. The van der Waals surface area contributed by atoms with Crippen molar-refractivity contribution in [3.8, 4) is 0 Å². The third kappa shape index (κ3) is 1.84. The molecule has 2 aliphatic rings. The smallest absolute Gasteiger partial charge is 0.252 e. The zero-order chi connectivity index (χ0) is 11.8. The lowest BCUT2D eigenvalue weighted by molar-refractivity contribution is -0.157. The average Bonchev–Trinajstić information content (AvgIpc) is 2.25. The molecule has 1 aromatic rings. The maximum Gasteiger partial charge on any atom is 0.252 e. The lowest BCUT2D eigenvalue weighted by Crippen LogP contribution is -2.47. The molecule has 3 heterocycles. The van der Waals surface area contributed by atoms with Gasteiger partial charge >= 0.3 is 0 Å². The van der Waals surface area contributed by atoms with Crippen LogP contribution < -0.4 is 5.73 Å². The average molecular weight is 234 g/mol. The van der Waals surface area contributed by atoms with Crippen LogP contribution in [0, 0.1) is 0 Å². The number of nitrogens with zero attached hydrogens (tertiary/aromatic N) is 3. The number of ether oxygens (including phenoxy) is 1. The lowest BCUT2D eigenvalue weighted by Gasteiger charge is -2.34. The summed E-state index contributed by atoms with van der Waals surface area (Å²) >= 11 is 0. The van der Waals surface area contributed by atoms with Gasteiger partial charge in [-0.05, 0) is 12.0 Å². The van der Waals surface area contributed by atoms with Gasteiger partial charge in [0.2, 0.25) is 5.95 Å². The zero-order valence-corrected chi connectivity index (χ0v) is 9.43. The van der Waals surface area contributed by atoms with Crippen LogP contribution in [-0.2, 0) is 22.5 Å². The highest BCUT2D eigenvalue weighted by Gasteiger charge is 2.32. The van der Waals surface area contributed by atoms with Crippen LogP contribution >= 0.6 is 0 Å². The summed E-state index contributed by atoms with van der Waals surface area (Å²) in [5.74, 6) is 0.331. The van der Waals surface area contributed by atoms with Crippen molar-refractivity contribution in [3.63, 3.8) is 0 Å². The molecule has 2 N–H and O–H groups in total. The van der Waals surface area contributed by atoms with Crippen LogP contribution in [0.3, 0.4) is 0 Å². The van der Waals surface area contributed by atoms with Crippen molar-refractivity contribution >= 4 is 11.9 Å². The molecule has 1 atom stereocenters. The molecule has 0 aromatic carbocycles. The molecule has 0 saturated carbocycles. The molecule has 1 fully saturated rings. The highest BCUT2D eigenvalue weighted by atomic mass is 16.5. The molecular formula is C11H14N4O2. The second-order valence-corrected chi connectivity index (χ2v) is 4.36. The number of aromatic nitrogens is 2. The van der Waals surface area contributed by atoms with Crippen molar-refractivity contribution < 1.29 is 9.53 Å². The SMILES string of the molecule is Nc1ncc2c(n1)CN(C(=O)C1CCO1)CC2. The Balaban J connectivity index is 1.77. The second kappa shape index (κ2) is 3.96. The Morgan fingerprint density at radius 3 is 3.12 bits per heavy atom. The van der Waals surface area contributed by atoms with E-state index in [9.17, 15) is 4.79 Å². The summed E-state index contributed by atoms with van der Waals surface area (Å²) in [5.41, 5.74) is 7.49. The normalized spacial score (nSPS) is 22.8. The maximum atomic E-state index is 12.0. The summed E-state index contributed by atoms with van der Waals surface area (Å²) in [6.07, 6.45) is 3.12. The van der Waals surface area contributed by atoms with E-state index in [4.69, 9.17) is 10.5 Å². The Hall–Kier alpha value is -1.69. The Labute approximate surface area is 98.8 Å². The topological polar surface area (TPSA) is 81.3 Å². The second-order valence-electron chi connectivity index (χ2n) is 4.36. The summed E-state index contributed by atoms with van der Waals surface area (Å²) in [7, 11) is 0. The fourth-order valence-corrected chi connectivity index (χ4v) is 2.14. The van der Waals surface area contributed by atoms with Gasteiger partial charge in [-0.3, -0.25) is 4.79 Å². The standard InChI is InChI=1S/C11H14N4O2/c12-11-13-5-7-1-3-15(6-8(7)14-11)10(16)9-2-4-17-9/h5,9H,1-4,6H2,(H2,12,13,14). The molecule has 6 heteroatoms. The van der Waals surface area contributed by atoms with Crippen LogP contribution in [0.2, 0.25) is 0 Å². The number of nitrogens with two attached hydrogens (primary N) is 1. The van der Waals surface area contributed by atoms with Gasteiger partial charge in [0.25, 0.3) is 5.91 Å². The maximum absolute atomic E-state index is 12.0. The van der Waals surface area contributed by atoms with Gasteiger partial charge in [0.15, 0.2) is 0 Å². The van der Waals surface area contributed by atoms with Gasteiger partial charge in [-0.15, -0.1) is 0 Å². The highest BCUT2D eigenvalue weighted by molar-refractivity contribution is 5.81. The molecule has 0 radical (unpaired) electrons. The number of hydrogen-bond acceptors (Lipinski definition) is 5. The largest absolute Gasteiger partial charge is 0.368 e. The lowest BCUT2D eigenvalue weighted by atomic mass is 10.0. The van der Waals surface area contributed by atoms with Gasteiger partial charge < -0.3 is 15.4 Å². The molecule has 0 spiro atoms. The molecule has 1 unspecified atom stereocenters. The Morgan fingerprint density at radius 1 is 1.59 bits per heavy atom. The van der Waals surface area contributed by atoms with Gasteiger partial charge in [0.05, 0.1) is 18.8 Å². The monoisotopic (exact) mass is 234 g/mol. The van der Waals surface area contributed by atoms with E-state index < -0.39 is 0 Å². The zero-order valence-electron chi connectivity index (χ0n) is 9.43. The van der Waals surface area contributed by atoms with E-state index in [2.05, 4.69) is 9.97 Å². The number of carbonyl (C=O) groups excluding carboxylic acids is 1. The van der Waals surface area contributed by atoms with Crippen molar-refractivity contribution in [2.24, 2.45) is 0 Å². The van der Waals surface area contributed by atoms with E-state index in [-0.39, 0.29) is 18.0 Å². The minimum atomic E-state index is -0.240. The number of fused-ring (bicyclic) bond motifs is 1. The number of hydrogen-bond donors (Lipinski definition) is 1. The summed E-state index contributed by atoms with van der Waals surface area (Å²) in [6, 6.07) is 0.